The van der Waals surface area contributed by atoms with Gasteiger partial charge in [-0.05, 0) is 12.0 Å². The first-order chi connectivity index (χ1) is 7.86. The van der Waals surface area contributed by atoms with Gasteiger partial charge >= 0.3 is 0 Å². The van der Waals surface area contributed by atoms with E-state index in [0.29, 0.717) is 0 Å². The molecule has 0 saturated carbocycles. The van der Waals surface area contributed by atoms with Crippen molar-refractivity contribution in [2.24, 2.45) is 0 Å². The summed E-state index contributed by atoms with van der Waals surface area (Å²) >= 11 is 0. The van der Waals surface area contributed by atoms with Gasteiger partial charge in [0, 0.05) is 32.7 Å². The molecule has 0 radical (unpaired) electrons. The molecule has 92 valence electrons. The molecule has 1 saturated heterocycles. The van der Waals surface area contributed by atoms with E-state index in [-0.39, 0.29) is 0 Å². The Hall–Kier alpha value is -0.860. The predicted molar refractivity (Wildman–Crippen MR) is 73.8 cm³/mol. The van der Waals surface area contributed by atoms with Crippen LogP contribution in [0.3, 0.4) is 0 Å². The van der Waals surface area contributed by atoms with E-state index in [1.165, 1.54) is 18.7 Å². The zero-order valence-corrected chi connectivity index (χ0v) is 10.8. The number of nitrogens with one attached hydrogen (secondary N) is 1. The molecule has 0 aromatic rings. The molecule has 1 heterocycles. The minimum atomic E-state index is 1.08. The number of rotatable bonds is 5. The lowest BCUT2D eigenvalue weighted by Gasteiger charge is -2.27. The second-order valence-corrected chi connectivity index (χ2v) is 3.52. The normalized spacial score (nSPS) is 17.2. The fourth-order valence-electron chi connectivity index (χ4n) is 1.63. The lowest BCUT2D eigenvalue weighted by molar-refractivity contribution is 0.244. The molecule has 1 aliphatic rings. The van der Waals surface area contributed by atoms with Crippen LogP contribution in [0.25, 0.3) is 0 Å². The molecular formula is C14H26N2. The predicted octanol–water partition coefficient (Wildman–Crippen LogP) is 2.61. The molecule has 1 N–H and O–H groups in total. The summed E-state index contributed by atoms with van der Waals surface area (Å²) in [5.41, 5.74) is 1.28. The molecule has 0 spiro atoms. The Kier molecular flexibility index (Phi) is 10.1. The van der Waals surface area contributed by atoms with Gasteiger partial charge in [-0.3, -0.25) is 0 Å². The van der Waals surface area contributed by atoms with Crippen molar-refractivity contribution in [3.8, 4) is 0 Å². The number of hydrogen-bond donors (Lipinski definition) is 1. The third-order valence-electron chi connectivity index (χ3n) is 2.52. The van der Waals surface area contributed by atoms with Gasteiger partial charge in [0.2, 0.25) is 0 Å². The monoisotopic (exact) mass is 222 g/mol. The van der Waals surface area contributed by atoms with Crippen molar-refractivity contribution in [2.75, 3.05) is 32.7 Å². The minimum Gasteiger partial charge on any atom is -0.314 e. The van der Waals surface area contributed by atoms with Crippen LogP contribution in [-0.4, -0.2) is 37.6 Å². The second kappa shape index (κ2) is 10.7. The maximum atomic E-state index is 3.80. The van der Waals surface area contributed by atoms with Gasteiger partial charge < -0.3 is 10.2 Å². The second-order valence-electron chi connectivity index (χ2n) is 3.52. The Bertz CT molecular complexity index is 213. The maximum absolute atomic E-state index is 3.80. The van der Waals surface area contributed by atoms with Crippen LogP contribution < -0.4 is 5.32 Å². The van der Waals surface area contributed by atoms with E-state index in [1.54, 1.807) is 0 Å². The summed E-state index contributed by atoms with van der Waals surface area (Å²) in [5, 5.41) is 3.35. The van der Waals surface area contributed by atoms with Crippen molar-refractivity contribution in [2.45, 2.75) is 20.3 Å². The fourth-order valence-corrected chi connectivity index (χ4v) is 1.63. The van der Waals surface area contributed by atoms with E-state index in [1.807, 2.05) is 32.1 Å². The summed E-state index contributed by atoms with van der Waals surface area (Å²) in [5.74, 6) is 0. The fraction of sp³-hybridized carbons (Fsp3) is 0.571. The zero-order chi connectivity index (χ0) is 12.2. The van der Waals surface area contributed by atoms with Crippen LogP contribution in [0.2, 0.25) is 0 Å². The van der Waals surface area contributed by atoms with E-state index in [4.69, 9.17) is 0 Å². The molecule has 2 heteroatoms. The highest BCUT2D eigenvalue weighted by Gasteiger charge is 2.08. The molecule has 2 nitrogen and oxygen atoms in total. The van der Waals surface area contributed by atoms with Gasteiger partial charge in [-0.15, -0.1) is 0 Å². The number of allylic oxidation sites excluding steroid dienone is 3. The van der Waals surface area contributed by atoms with Crippen LogP contribution in [-0.2, 0) is 0 Å². The average molecular weight is 222 g/mol. The molecular weight excluding hydrogens is 196 g/mol. The highest BCUT2D eigenvalue weighted by atomic mass is 15.2. The Morgan fingerprint density at radius 2 is 1.88 bits per heavy atom. The third-order valence-corrected chi connectivity index (χ3v) is 2.52. The number of hydrogen-bond acceptors (Lipinski definition) is 2. The van der Waals surface area contributed by atoms with Gasteiger partial charge in [-0.25, -0.2) is 0 Å². The van der Waals surface area contributed by atoms with E-state index in [0.717, 1.165) is 26.1 Å². The SMILES string of the molecule is C=C/C=C(\C=C)CCN1CCNCC1.CC. The van der Waals surface area contributed by atoms with Crippen LogP contribution >= 0.6 is 0 Å². The first kappa shape index (κ1) is 15.1. The Labute approximate surface area is 101 Å². The Morgan fingerprint density at radius 3 is 2.38 bits per heavy atom. The van der Waals surface area contributed by atoms with E-state index in [2.05, 4.69) is 23.4 Å². The first-order valence-corrected chi connectivity index (χ1v) is 6.24. The smallest absolute Gasteiger partial charge is 0.0108 e. The van der Waals surface area contributed by atoms with Gasteiger partial charge in [0.25, 0.3) is 0 Å². The Balaban J connectivity index is 0.00000106. The van der Waals surface area contributed by atoms with Crippen molar-refractivity contribution in [1.82, 2.24) is 10.2 Å². The van der Waals surface area contributed by atoms with E-state index in [9.17, 15) is 0 Å². The highest BCUT2D eigenvalue weighted by Crippen LogP contribution is 2.05. The van der Waals surface area contributed by atoms with Gasteiger partial charge in [-0.2, -0.15) is 0 Å². The molecule has 0 amide bonds. The summed E-state index contributed by atoms with van der Waals surface area (Å²) in [7, 11) is 0. The summed E-state index contributed by atoms with van der Waals surface area (Å²) < 4.78 is 0. The molecule has 0 atom stereocenters. The molecule has 1 aliphatic heterocycles. The molecule has 0 aromatic carbocycles. The topological polar surface area (TPSA) is 15.3 Å². The summed E-state index contributed by atoms with van der Waals surface area (Å²) in [6.45, 7) is 17.2. The maximum Gasteiger partial charge on any atom is 0.0108 e. The van der Waals surface area contributed by atoms with Crippen molar-refractivity contribution in [1.29, 1.82) is 0 Å². The highest BCUT2D eigenvalue weighted by molar-refractivity contribution is 5.21. The van der Waals surface area contributed by atoms with Crippen LogP contribution in [0.5, 0.6) is 0 Å². The van der Waals surface area contributed by atoms with Crippen molar-refractivity contribution in [3.05, 3.63) is 37.0 Å². The quantitative estimate of drug-likeness (QED) is 0.719. The molecule has 16 heavy (non-hydrogen) atoms. The first-order valence-electron chi connectivity index (χ1n) is 6.24. The summed E-state index contributed by atoms with van der Waals surface area (Å²) in [6, 6.07) is 0. The zero-order valence-electron chi connectivity index (χ0n) is 10.8. The van der Waals surface area contributed by atoms with E-state index >= 15 is 0 Å². The molecule has 0 unspecified atom stereocenters. The van der Waals surface area contributed by atoms with Crippen LogP contribution in [0.1, 0.15) is 20.3 Å². The lowest BCUT2D eigenvalue weighted by Crippen LogP contribution is -2.43. The van der Waals surface area contributed by atoms with Gasteiger partial charge in [0.1, 0.15) is 0 Å². The number of piperazine rings is 1. The summed E-state index contributed by atoms with van der Waals surface area (Å²) in [6.07, 6.45) is 6.86. The van der Waals surface area contributed by atoms with Crippen molar-refractivity contribution >= 4 is 0 Å². The van der Waals surface area contributed by atoms with Crippen molar-refractivity contribution in [3.63, 3.8) is 0 Å². The molecule has 1 fully saturated rings. The largest absolute Gasteiger partial charge is 0.314 e. The molecule has 0 aromatic heterocycles. The standard InChI is InChI=1S/C12H20N2.C2H6/c1-3-5-12(4-2)6-9-14-10-7-13-8-11-14;1-2/h3-5,13H,1-2,6-11H2;1-2H3/b12-5+;. The van der Waals surface area contributed by atoms with Gasteiger partial charge in [0.05, 0.1) is 0 Å². The van der Waals surface area contributed by atoms with Gasteiger partial charge in [0.15, 0.2) is 0 Å². The van der Waals surface area contributed by atoms with E-state index < -0.39 is 0 Å². The Morgan fingerprint density at radius 1 is 1.25 bits per heavy atom. The molecule has 0 bridgehead atoms. The molecule has 1 rings (SSSR count). The number of nitrogens with zero attached hydrogens (tertiary/aromatic N) is 1. The average Bonchev–Trinajstić information content (AvgIpc) is 2.38. The third kappa shape index (κ3) is 6.59. The van der Waals surface area contributed by atoms with Crippen LogP contribution in [0, 0.1) is 0 Å². The van der Waals surface area contributed by atoms with Crippen LogP contribution in [0.4, 0.5) is 0 Å². The minimum absolute atomic E-state index is 1.08. The lowest BCUT2D eigenvalue weighted by atomic mass is 10.1. The molecule has 0 aliphatic carbocycles. The van der Waals surface area contributed by atoms with Crippen LogP contribution in [0.15, 0.2) is 37.0 Å². The van der Waals surface area contributed by atoms with Crippen molar-refractivity contribution < 1.29 is 0 Å². The summed E-state index contributed by atoms with van der Waals surface area (Å²) in [4.78, 5) is 2.48. The van der Waals surface area contributed by atoms with Gasteiger partial charge in [-0.1, -0.05) is 45.2 Å².